The fraction of sp³-hybridized carbons (Fsp3) is 0.391. The van der Waals surface area contributed by atoms with Gasteiger partial charge in [-0.2, -0.15) is 0 Å². The Morgan fingerprint density at radius 3 is 2.16 bits per heavy atom. The number of carbonyl (C=O) groups is 2. The van der Waals surface area contributed by atoms with E-state index in [1.54, 1.807) is 12.1 Å². The molecule has 2 amide bonds. The van der Waals surface area contributed by atoms with Crippen LogP contribution in [-0.2, 0) is 16.1 Å². The van der Waals surface area contributed by atoms with E-state index in [1.165, 1.54) is 16.7 Å². The molecule has 0 spiro atoms. The molecule has 1 aromatic heterocycles. The van der Waals surface area contributed by atoms with Crippen LogP contribution in [0.2, 0.25) is 5.02 Å². The molecule has 0 unspecified atom stereocenters. The number of thioether (sulfide) groups is 1. The molecule has 0 atom stereocenters. The number of rotatable bonds is 5. The summed E-state index contributed by atoms with van der Waals surface area (Å²) in [6.45, 7) is 5.57. The zero-order valence-corrected chi connectivity index (χ0v) is 19.3. The number of likely N-dealkylation sites (tertiary alicyclic amines) is 1. The Labute approximate surface area is 191 Å². The zero-order chi connectivity index (χ0) is 22.0. The van der Waals surface area contributed by atoms with Crippen molar-refractivity contribution in [2.24, 2.45) is 0 Å². The number of hydrogen-bond acceptors (Lipinski definition) is 6. The maximum atomic E-state index is 13.5. The summed E-state index contributed by atoms with van der Waals surface area (Å²) >= 11 is 7.18. The minimum atomic E-state index is -0.285. The average molecular weight is 457 g/mol. The van der Waals surface area contributed by atoms with Crippen LogP contribution in [0.1, 0.15) is 42.6 Å². The molecule has 1 aromatic carbocycles. The lowest BCUT2D eigenvalue weighted by Gasteiger charge is -2.24. The maximum absolute atomic E-state index is 13.5. The lowest BCUT2D eigenvalue weighted by Crippen LogP contribution is -2.35. The van der Waals surface area contributed by atoms with Crippen molar-refractivity contribution in [3.05, 3.63) is 62.9 Å². The van der Waals surface area contributed by atoms with Gasteiger partial charge >= 0.3 is 0 Å². The van der Waals surface area contributed by atoms with Gasteiger partial charge in [0.05, 0.1) is 6.54 Å². The van der Waals surface area contributed by atoms with Crippen LogP contribution in [0.3, 0.4) is 0 Å². The van der Waals surface area contributed by atoms with E-state index in [-0.39, 0.29) is 18.4 Å². The number of aryl methyl sites for hydroxylation is 2. The van der Waals surface area contributed by atoms with E-state index in [0.29, 0.717) is 20.8 Å². The molecule has 0 N–H and O–H groups in total. The van der Waals surface area contributed by atoms with Crippen LogP contribution in [0.5, 0.6) is 0 Å². The molecule has 2 aliphatic heterocycles. The average Bonchev–Trinajstić information content (AvgIpc) is 2.91. The zero-order valence-electron chi connectivity index (χ0n) is 17.7. The van der Waals surface area contributed by atoms with Gasteiger partial charge < -0.3 is 4.90 Å². The van der Waals surface area contributed by atoms with Gasteiger partial charge in [-0.05, 0) is 62.2 Å². The van der Waals surface area contributed by atoms with Gasteiger partial charge in [-0.15, -0.1) is 0 Å². The maximum Gasteiger partial charge on any atom is 0.278 e. The minimum absolute atomic E-state index is 0.212. The number of imide groups is 1. The third kappa shape index (κ3) is 4.93. The van der Waals surface area contributed by atoms with Crippen LogP contribution >= 0.6 is 23.4 Å². The Kier molecular flexibility index (Phi) is 6.62. The number of halogens is 1. The molecular formula is C23H25ClN4O2S. The molecule has 4 rings (SSSR count). The van der Waals surface area contributed by atoms with Crippen molar-refractivity contribution in [1.29, 1.82) is 0 Å². The van der Waals surface area contributed by atoms with E-state index in [2.05, 4.69) is 14.9 Å². The summed E-state index contributed by atoms with van der Waals surface area (Å²) in [5, 5.41) is 1.11. The first-order chi connectivity index (χ1) is 14.9. The second-order valence-electron chi connectivity index (χ2n) is 7.94. The summed E-state index contributed by atoms with van der Waals surface area (Å²) in [5.74, 6) is -0.527. The van der Waals surface area contributed by atoms with E-state index >= 15 is 0 Å². The van der Waals surface area contributed by atoms with Gasteiger partial charge in [-0.3, -0.25) is 14.5 Å². The second-order valence-corrected chi connectivity index (χ2v) is 9.35. The SMILES string of the molecule is Cc1cc(C)nc(SC2=C(N3CCCCCC3)C(=O)N(Cc3ccc(Cl)cc3)C2=O)n1. The highest BCUT2D eigenvalue weighted by Crippen LogP contribution is 2.37. The first kappa shape index (κ1) is 21.8. The van der Waals surface area contributed by atoms with Crippen LogP contribution in [-0.4, -0.2) is 44.7 Å². The highest BCUT2D eigenvalue weighted by atomic mass is 35.5. The third-order valence-corrected chi connectivity index (χ3v) is 6.62. The van der Waals surface area contributed by atoms with E-state index in [4.69, 9.17) is 11.6 Å². The number of benzene rings is 1. The smallest absolute Gasteiger partial charge is 0.278 e. The number of carbonyl (C=O) groups excluding carboxylic acids is 2. The summed E-state index contributed by atoms with van der Waals surface area (Å²) in [4.78, 5) is 39.7. The predicted molar refractivity (Wildman–Crippen MR) is 121 cm³/mol. The van der Waals surface area contributed by atoms with Crippen molar-refractivity contribution in [3.8, 4) is 0 Å². The molecule has 2 aromatic rings. The van der Waals surface area contributed by atoms with E-state index in [1.807, 2.05) is 32.0 Å². The third-order valence-electron chi connectivity index (χ3n) is 5.43. The van der Waals surface area contributed by atoms with Crippen molar-refractivity contribution in [2.45, 2.75) is 51.2 Å². The number of nitrogens with zero attached hydrogens (tertiary/aromatic N) is 4. The van der Waals surface area contributed by atoms with Gasteiger partial charge in [-0.25, -0.2) is 9.97 Å². The summed E-state index contributed by atoms with van der Waals surface area (Å²) in [6, 6.07) is 9.11. The van der Waals surface area contributed by atoms with Gasteiger partial charge in [0.1, 0.15) is 10.6 Å². The molecule has 0 aliphatic carbocycles. The predicted octanol–water partition coefficient (Wildman–Crippen LogP) is 4.50. The minimum Gasteiger partial charge on any atom is -0.366 e. The normalized spacial score (nSPS) is 17.5. The Morgan fingerprint density at radius 2 is 1.55 bits per heavy atom. The number of amides is 2. The van der Waals surface area contributed by atoms with Gasteiger partial charge in [0, 0.05) is 29.5 Å². The monoisotopic (exact) mass is 456 g/mol. The quantitative estimate of drug-likeness (QED) is 0.487. The Bertz CT molecular complexity index is 1010. The van der Waals surface area contributed by atoms with Crippen molar-refractivity contribution in [3.63, 3.8) is 0 Å². The van der Waals surface area contributed by atoms with Crippen LogP contribution in [0.15, 0.2) is 46.1 Å². The fourth-order valence-corrected chi connectivity index (χ4v) is 5.15. The van der Waals surface area contributed by atoms with Crippen molar-refractivity contribution < 1.29 is 9.59 Å². The lowest BCUT2D eigenvalue weighted by molar-refractivity contribution is -0.138. The van der Waals surface area contributed by atoms with Gasteiger partial charge in [-0.1, -0.05) is 36.6 Å². The molecule has 3 heterocycles. The first-order valence-electron chi connectivity index (χ1n) is 10.5. The topological polar surface area (TPSA) is 66.4 Å². The number of hydrogen-bond donors (Lipinski definition) is 0. The van der Waals surface area contributed by atoms with Crippen LogP contribution in [0.4, 0.5) is 0 Å². The van der Waals surface area contributed by atoms with Crippen LogP contribution < -0.4 is 0 Å². The second kappa shape index (κ2) is 9.40. The molecule has 1 fully saturated rings. The van der Waals surface area contributed by atoms with Gasteiger partial charge in [0.15, 0.2) is 5.16 Å². The molecule has 1 saturated heterocycles. The van der Waals surface area contributed by atoms with Crippen molar-refractivity contribution in [2.75, 3.05) is 13.1 Å². The summed E-state index contributed by atoms with van der Waals surface area (Å²) in [7, 11) is 0. The molecule has 162 valence electrons. The molecule has 2 aliphatic rings. The highest BCUT2D eigenvalue weighted by molar-refractivity contribution is 8.04. The molecule has 6 nitrogen and oxygen atoms in total. The molecule has 0 saturated carbocycles. The summed E-state index contributed by atoms with van der Waals surface area (Å²) in [6.07, 6.45) is 4.31. The van der Waals surface area contributed by atoms with Crippen LogP contribution in [0.25, 0.3) is 0 Å². The van der Waals surface area contributed by atoms with Crippen molar-refractivity contribution >= 4 is 35.2 Å². The fourth-order valence-electron chi connectivity index (χ4n) is 3.95. The molecular weight excluding hydrogens is 432 g/mol. The number of aromatic nitrogens is 2. The Balaban J connectivity index is 1.68. The van der Waals surface area contributed by atoms with E-state index in [0.717, 1.165) is 55.7 Å². The largest absolute Gasteiger partial charge is 0.366 e. The van der Waals surface area contributed by atoms with Crippen LogP contribution in [0, 0.1) is 13.8 Å². The molecule has 31 heavy (non-hydrogen) atoms. The van der Waals surface area contributed by atoms with Gasteiger partial charge in [0.25, 0.3) is 11.8 Å². The Hall–Kier alpha value is -2.38. The molecule has 0 bridgehead atoms. The Morgan fingerprint density at radius 1 is 0.935 bits per heavy atom. The van der Waals surface area contributed by atoms with E-state index in [9.17, 15) is 9.59 Å². The summed E-state index contributed by atoms with van der Waals surface area (Å²) in [5.41, 5.74) is 3.02. The molecule has 8 heteroatoms. The molecule has 0 radical (unpaired) electrons. The first-order valence-corrected chi connectivity index (χ1v) is 11.7. The summed E-state index contributed by atoms with van der Waals surface area (Å²) < 4.78 is 0. The standard InChI is InChI=1S/C23H25ClN4O2S/c1-15-13-16(2)26-23(25-15)31-20-19(27-11-5-3-4-6-12-27)21(29)28(22(20)30)14-17-7-9-18(24)10-8-17/h7-10,13H,3-6,11-12,14H2,1-2H3. The lowest BCUT2D eigenvalue weighted by atomic mass is 10.2. The highest BCUT2D eigenvalue weighted by Gasteiger charge is 2.42. The van der Waals surface area contributed by atoms with E-state index < -0.39 is 0 Å². The van der Waals surface area contributed by atoms with Gasteiger partial charge in [0.2, 0.25) is 0 Å². The van der Waals surface area contributed by atoms with Crippen molar-refractivity contribution in [1.82, 2.24) is 19.8 Å².